The van der Waals surface area contributed by atoms with Crippen molar-refractivity contribution < 1.29 is 0 Å². The van der Waals surface area contributed by atoms with E-state index in [2.05, 4.69) is 9.88 Å². The molecule has 1 unspecified atom stereocenters. The molecule has 4 heteroatoms. The van der Waals surface area contributed by atoms with Crippen molar-refractivity contribution in [1.82, 2.24) is 4.98 Å². The Kier molecular flexibility index (Phi) is 2.84. The first-order valence-electron chi connectivity index (χ1n) is 5.16. The summed E-state index contributed by atoms with van der Waals surface area (Å²) in [5.74, 6) is 0. The summed E-state index contributed by atoms with van der Waals surface area (Å²) in [5.41, 5.74) is 7.42. The highest BCUT2D eigenvalue weighted by molar-refractivity contribution is 5.46. The Hall–Kier alpha value is -1.60. The van der Waals surface area contributed by atoms with Crippen molar-refractivity contribution in [2.24, 2.45) is 5.73 Å². The average molecular weight is 202 g/mol. The Morgan fingerprint density at radius 3 is 3.00 bits per heavy atom. The zero-order valence-electron chi connectivity index (χ0n) is 8.56. The Morgan fingerprint density at radius 1 is 1.53 bits per heavy atom. The normalized spacial score (nSPS) is 21.1. The number of aromatic nitrogens is 1. The minimum absolute atomic E-state index is 0.259. The lowest BCUT2D eigenvalue weighted by Gasteiger charge is -2.32. The Balaban J connectivity index is 2.12. The van der Waals surface area contributed by atoms with Gasteiger partial charge >= 0.3 is 0 Å². The maximum atomic E-state index is 8.63. The third-order valence-electron chi connectivity index (χ3n) is 2.69. The molecular weight excluding hydrogens is 188 g/mol. The summed E-state index contributed by atoms with van der Waals surface area (Å²) in [7, 11) is 0. The van der Waals surface area contributed by atoms with E-state index in [-0.39, 0.29) is 6.04 Å². The van der Waals surface area contributed by atoms with Gasteiger partial charge in [-0.2, -0.15) is 5.26 Å². The molecule has 1 aromatic heterocycles. The van der Waals surface area contributed by atoms with Crippen LogP contribution in [0.4, 0.5) is 5.69 Å². The standard InChI is InChI=1S/C11H14N4/c12-6-10-3-4-11(7-14-10)15-5-1-2-9(13)8-15/h3-4,7,9H,1-2,5,8,13H2. The van der Waals surface area contributed by atoms with Crippen molar-refractivity contribution >= 4 is 5.69 Å². The van der Waals surface area contributed by atoms with Gasteiger partial charge in [-0.25, -0.2) is 4.98 Å². The maximum Gasteiger partial charge on any atom is 0.140 e. The molecule has 78 valence electrons. The van der Waals surface area contributed by atoms with Gasteiger partial charge in [0.2, 0.25) is 0 Å². The van der Waals surface area contributed by atoms with Crippen LogP contribution < -0.4 is 10.6 Å². The lowest BCUT2D eigenvalue weighted by molar-refractivity contribution is 0.506. The van der Waals surface area contributed by atoms with Gasteiger partial charge in [-0.3, -0.25) is 0 Å². The van der Waals surface area contributed by atoms with Gasteiger partial charge in [0.1, 0.15) is 11.8 Å². The number of nitrogens with two attached hydrogens (primary N) is 1. The van der Waals surface area contributed by atoms with Crippen LogP contribution in [0.15, 0.2) is 18.3 Å². The van der Waals surface area contributed by atoms with Crippen molar-refractivity contribution in [1.29, 1.82) is 5.26 Å². The van der Waals surface area contributed by atoms with Crippen molar-refractivity contribution in [2.45, 2.75) is 18.9 Å². The molecular formula is C11H14N4. The van der Waals surface area contributed by atoms with Crippen LogP contribution in [-0.4, -0.2) is 24.1 Å². The van der Waals surface area contributed by atoms with Gasteiger partial charge in [0.15, 0.2) is 0 Å². The summed E-state index contributed by atoms with van der Waals surface area (Å²) in [6.07, 6.45) is 3.97. The zero-order chi connectivity index (χ0) is 10.7. The molecule has 1 aliphatic rings. The second-order valence-corrected chi connectivity index (χ2v) is 3.86. The zero-order valence-corrected chi connectivity index (χ0v) is 8.56. The van der Waals surface area contributed by atoms with Crippen LogP contribution in [0.25, 0.3) is 0 Å². The second-order valence-electron chi connectivity index (χ2n) is 3.86. The second kappa shape index (κ2) is 4.28. The summed E-state index contributed by atoms with van der Waals surface area (Å²) < 4.78 is 0. The van der Waals surface area contributed by atoms with Crippen molar-refractivity contribution in [3.8, 4) is 6.07 Å². The molecule has 1 aromatic rings. The first kappa shape index (κ1) is 9.94. The van der Waals surface area contributed by atoms with Crippen LogP contribution in [-0.2, 0) is 0 Å². The Morgan fingerprint density at radius 2 is 2.40 bits per heavy atom. The monoisotopic (exact) mass is 202 g/mol. The highest BCUT2D eigenvalue weighted by Crippen LogP contribution is 2.18. The van der Waals surface area contributed by atoms with E-state index in [4.69, 9.17) is 11.0 Å². The molecule has 0 spiro atoms. The largest absolute Gasteiger partial charge is 0.369 e. The van der Waals surface area contributed by atoms with E-state index in [1.165, 1.54) is 0 Å². The first-order chi connectivity index (χ1) is 7.29. The summed E-state index contributed by atoms with van der Waals surface area (Å²) in [6.45, 7) is 1.91. The smallest absolute Gasteiger partial charge is 0.140 e. The SMILES string of the molecule is N#Cc1ccc(N2CCCC(N)C2)cn1. The van der Waals surface area contributed by atoms with Crippen LogP contribution in [0.2, 0.25) is 0 Å². The highest BCUT2D eigenvalue weighted by Gasteiger charge is 2.16. The molecule has 2 N–H and O–H groups in total. The van der Waals surface area contributed by atoms with E-state index in [0.717, 1.165) is 31.6 Å². The predicted octanol–water partition coefficient (Wildman–Crippen LogP) is 0.881. The minimum Gasteiger partial charge on any atom is -0.369 e. The molecule has 1 fully saturated rings. The number of rotatable bonds is 1. The van der Waals surface area contributed by atoms with E-state index in [9.17, 15) is 0 Å². The third kappa shape index (κ3) is 2.25. The fraction of sp³-hybridized carbons (Fsp3) is 0.455. The fourth-order valence-electron chi connectivity index (χ4n) is 1.88. The molecule has 2 rings (SSSR count). The lowest BCUT2D eigenvalue weighted by Crippen LogP contribution is -2.42. The molecule has 1 atom stereocenters. The number of pyridine rings is 1. The van der Waals surface area contributed by atoms with Gasteiger partial charge in [0.25, 0.3) is 0 Å². The minimum atomic E-state index is 0.259. The topological polar surface area (TPSA) is 65.9 Å². The van der Waals surface area contributed by atoms with Crippen molar-refractivity contribution in [3.05, 3.63) is 24.0 Å². The number of hydrogen-bond donors (Lipinski definition) is 1. The molecule has 0 bridgehead atoms. The first-order valence-corrected chi connectivity index (χ1v) is 5.16. The van der Waals surface area contributed by atoms with Gasteiger partial charge in [-0.05, 0) is 25.0 Å². The fourth-order valence-corrected chi connectivity index (χ4v) is 1.88. The molecule has 0 saturated carbocycles. The molecule has 0 aromatic carbocycles. The van der Waals surface area contributed by atoms with E-state index < -0.39 is 0 Å². The number of nitrogens with zero attached hydrogens (tertiary/aromatic N) is 3. The van der Waals surface area contributed by atoms with E-state index in [1.807, 2.05) is 12.1 Å². The van der Waals surface area contributed by atoms with Gasteiger partial charge in [-0.1, -0.05) is 0 Å². The predicted molar refractivity (Wildman–Crippen MR) is 58.4 cm³/mol. The summed E-state index contributed by atoms with van der Waals surface area (Å²) in [4.78, 5) is 6.28. The summed E-state index contributed by atoms with van der Waals surface area (Å²) in [5, 5.41) is 8.63. The van der Waals surface area contributed by atoms with Gasteiger partial charge in [0, 0.05) is 19.1 Å². The summed E-state index contributed by atoms with van der Waals surface area (Å²) >= 11 is 0. The van der Waals surface area contributed by atoms with Gasteiger partial charge in [0.05, 0.1) is 11.9 Å². The van der Waals surface area contributed by atoms with Crippen LogP contribution in [0.5, 0.6) is 0 Å². The highest BCUT2D eigenvalue weighted by atomic mass is 15.2. The third-order valence-corrected chi connectivity index (χ3v) is 2.69. The quantitative estimate of drug-likeness (QED) is 0.734. The van der Waals surface area contributed by atoms with E-state index in [0.29, 0.717) is 5.69 Å². The van der Waals surface area contributed by atoms with Gasteiger partial charge < -0.3 is 10.6 Å². The molecule has 4 nitrogen and oxygen atoms in total. The van der Waals surface area contributed by atoms with Crippen molar-refractivity contribution in [2.75, 3.05) is 18.0 Å². The number of piperidine rings is 1. The molecule has 0 amide bonds. The number of hydrogen-bond acceptors (Lipinski definition) is 4. The number of nitriles is 1. The molecule has 2 heterocycles. The van der Waals surface area contributed by atoms with Crippen LogP contribution in [0.3, 0.4) is 0 Å². The van der Waals surface area contributed by atoms with Crippen LogP contribution in [0.1, 0.15) is 18.5 Å². The molecule has 15 heavy (non-hydrogen) atoms. The number of anilines is 1. The molecule has 0 radical (unpaired) electrons. The van der Waals surface area contributed by atoms with Crippen LogP contribution >= 0.6 is 0 Å². The van der Waals surface area contributed by atoms with Crippen LogP contribution in [0, 0.1) is 11.3 Å². The summed E-state index contributed by atoms with van der Waals surface area (Å²) in [6, 6.07) is 5.95. The Bertz CT molecular complexity index is 365. The molecule has 0 aliphatic carbocycles. The molecule has 1 saturated heterocycles. The van der Waals surface area contributed by atoms with Crippen molar-refractivity contribution in [3.63, 3.8) is 0 Å². The molecule has 1 aliphatic heterocycles. The maximum absolute atomic E-state index is 8.63. The lowest BCUT2D eigenvalue weighted by atomic mass is 10.1. The Labute approximate surface area is 89.3 Å². The van der Waals surface area contributed by atoms with Gasteiger partial charge in [-0.15, -0.1) is 0 Å². The van der Waals surface area contributed by atoms with E-state index >= 15 is 0 Å². The van der Waals surface area contributed by atoms with E-state index in [1.54, 1.807) is 12.3 Å². The average Bonchev–Trinajstić information content (AvgIpc) is 2.29.